The van der Waals surface area contributed by atoms with Crippen LogP contribution in [0.5, 0.6) is 5.75 Å². The van der Waals surface area contributed by atoms with Crippen molar-refractivity contribution in [1.29, 1.82) is 0 Å². The first-order chi connectivity index (χ1) is 9.43. The highest BCUT2D eigenvalue weighted by Gasteiger charge is 1.93. The van der Waals surface area contributed by atoms with Gasteiger partial charge < -0.3 is 19.3 Å². The minimum atomic E-state index is 0.192. The number of ether oxygens (including phenoxy) is 3. The van der Waals surface area contributed by atoms with Gasteiger partial charge in [-0.15, -0.1) is 0 Å². The molecule has 0 saturated carbocycles. The fraction of sp³-hybridized carbons (Fsp3) is 0.600. The molecular formula is C15H24O4. The molecular weight excluding hydrogens is 244 g/mol. The smallest absolute Gasteiger partial charge is 0.119 e. The Kier molecular flexibility index (Phi) is 10.0. The molecule has 0 spiro atoms. The molecule has 4 nitrogen and oxygen atoms in total. The molecule has 0 aliphatic rings. The summed E-state index contributed by atoms with van der Waals surface area (Å²) >= 11 is 0. The molecule has 1 N–H and O–H groups in total. The summed E-state index contributed by atoms with van der Waals surface area (Å²) in [4.78, 5) is 0. The Morgan fingerprint density at radius 1 is 0.737 bits per heavy atom. The summed E-state index contributed by atoms with van der Waals surface area (Å²) < 4.78 is 16.3. The standard InChI is InChI=1S/C15H24O4/c16-9-4-10-17-11-5-12-18-13-6-14-19-15-7-2-1-3-8-15/h1-3,7-8,16H,4-6,9-14H2. The second-order valence-corrected chi connectivity index (χ2v) is 4.17. The van der Waals surface area contributed by atoms with E-state index >= 15 is 0 Å². The van der Waals surface area contributed by atoms with E-state index in [1.165, 1.54) is 0 Å². The number of hydrogen-bond donors (Lipinski definition) is 1. The van der Waals surface area contributed by atoms with Crippen molar-refractivity contribution in [2.45, 2.75) is 19.3 Å². The number of hydrogen-bond acceptors (Lipinski definition) is 4. The van der Waals surface area contributed by atoms with Gasteiger partial charge in [0.25, 0.3) is 0 Å². The number of para-hydroxylation sites is 1. The van der Waals surface area contributed by atoms with Gasteiger partial charge in [-0.2, -0.15) is 0 Å². The van der Waals surface area contributed by atoms with Crippen LogP contribution in [0.4, 0.5) is 0 Å². The molecule has 0 amide bonds. The molecule has 108 valence electrons. The molecule has 19 heavy (non-hydrogen) atoms. The molecule has 0 fully saturated rings. The number of benzene rings is 1. The maximum Gasteiger partial charge on any atom is 0.119 e. The molecule has 0 heterocycles. The zero-order valence-corrected chi connectivity index (χ0v) is 11.4. The van der Waals surface area contributed by atoms with Gasteiger partial charge in [-0.25, -0.2) is 0 Å². The van der Waals surface area contributed by atoms with E-state index in [-0.39, 0.29) is 6.61 Å². The lowest BCUT2D eigenvalue weighted by Gasteiger charge is -2.07. The van der Waals surface area contributed by atoms with E-state index in [0.717, 1.165) is 18.6 Å². The lowest BCUT2D eigenvalue weighted by molar-refractivity contribution is 0.0720. The van der Waals surface area contributed by atoms with Crippen molar-refractivity contribution in [3.8, 4) is 5.75 Å². The minimum absolute atomic E-state index is 0.192. The van der Waals surface area contributed by atoms with E-state index in [0.29, 0.717) is 39.5 Å². The molecule has 0 atom stereocenters. The van der Waals surface area contributed by atoms with E-state index < -0.39 is 0 Å². The van der Waals surface area contributed by atoms with Crippen LogP contribution in [0.2, 0.25) is 0 Å². The van der Waals surface area contributed by atoms with Crippen molar-refractivity contribution in [2.75, 3.05) is 39.6 Å². The second-order valence-electron chi connectivity index (χ2n) is 4.17. The SMILES string of the molecule is OCCCOCCCOCCCOc1ccccc1. The lowest BCUT2D eigenvalue weighted by atomic mass is 10.3. The summed E-state index contributed by atoms with van der Waals surface area (Å²) in [6.07, 6.45) is 2.49. The number of aliphatic hydroxyl groups excluding tert-OH is 1. The Morgan fingerprint density at radius 3 is 1.95 bits per heavy atom. The first-order valence-corrected chi connectivity index (χ1v) is 6.87. The van der Waals surface area contributed by atoms with Crippen LogP contribution in [-0.4, -0.2) is 44.7 Å². The van der Waals surface area contributed by atoms with E-state index in [9.17, 15) is 0 Å². The Bertz CT molecular complexity index is 289. The highest BCUT2D eigenvalue weighted by Crippen LogP contribution is 2.08. The molecule has 0 radical (unpaired) electrons. The van der Waals surface area contributed by atoms with Crippen LogP contribution in [0.1, 0.15) is 19.3 Å². The van der Waals surface area contributed by atoms with Crippen LogP contribution in [0.25, 0.3) is 0 Å². The van der Waals surface area contributed by atoms with Gasteiger partial charge in [0.05, 0.1) is 6.61 Å². The third kappa shape index (κ3) is 9.47. The predicted molar refractivity (Wildman–Crippen MR) is 74.5 cm³/mol. The average Bonchev–Trinajstić information content (AvgIpc) is 2.46. The van der Waals surface area contributed by atoms with Crippen LogP contribution < -0.4 is 4.74 Å². The van der Waals surface area contributed by atoms with Crippen molar-refractivity contribution in [3.05, 3.63) is 30.3 Å². The summed E-state index contributed by atoms with van der Waals surface area (Å²) in [6.45, 7) is 3.62. The maximum atomic E-state index is 8.56. The Hall–Kier alpha value is -1.10. The third-order valence-electron chi connectivity index (χ3n) is 2.47. The average molecular weight is 268 g/mol. The highest BCUT2D eigenvalue weighted by atomic mass is 16.5. The fourth-order valence-corrected chi connectivity index (χ4v) is 1.50. The van der Waals surface area contributed by atoms with Gasteiger partial charge in [-0.3, -0.25) is 0 Å². The van der Waals surface area contributed by atoms with Gasteiger partial charge in [0.15, 0.2) is 0 Å². The van der Waals surface area contributed by atoms with Gasteiger partial charge in [-0.05, 0) is 25.0 Å². The van der Waals surface area contributed by atoms with Crippen LogP contribution >= 0.6 is 0 Å². The number of aliphatic hydroxyl groups is 1. The molecule has 4 heteroatoms. The van der Waals surface area contributed by atoms with Crippen molar-refractivity contribution >= 4 is 0 Å². The molecule has 0 bridgehead atoms. The molecule has 0 aliphatic carbocycles. The molecule has 0 saturated heterocycles. The summed E-state index contributed by atoms with van der Waals surface area (Å²) in [5.74, 6) is 0.903. The molecule has 0 aromatic heterocycles. The van der Waals surface area contributed by atoms with Crippen LogP contribution in [-0.2, 0) is 9.47 Å². The van der Waals surface area contributed by atoms with Crippen molar-refractivity contribution < 1.29 is 19.3 Å². The van der Waals surface area contributed by atoms with Crippen molar-refractivity contribution in [1.82, 2.24) is 0 Å². The maximum absolute atomic E-state index is 8.56. The van der Waals surface area contributed by atoms with Gasteiger partial charge in [-0.1, -0.05) is 18.2 Å². The normalized spacial score (nSPS) is 10.6. The molecule has 1 aromatic carbocycles. The Labute approximate surface area is 115 Å². The van der Waals surface area contributed by atoms with Gasteiger partial charge in [0, 0.05) is 39.5 Å². The van der Waals surface area contributed by atoms with E-state index in [4.69, 9.17) is 19.3 Å². The largest absolute Gasteiger partial charge is 0.494 e. The molecule has 1 rings (SSSR count). The third-order valence-corrected chi connectivity index (χ3v) is 2.47. The van der Waals surface area contributed by atoms with E-state index in [2.05, 4.69) is 0 Å². The zero-order valence-electron chi connectivity index (χ0n) is 11.4. The minimum Gasteiger partial charge on any atom is -0.494 e. The predicted octanol–water partition coefficient (Wildman–Crippen LogP) is 2.26. The Balaban J connectivity index is 1.79. The van der Waals surface area contributed by atoms with E-state index in [1.54, 1.807) is 0 Å². The van der Waals surface area contributed by atoms with Crippen LogP contribution in [0, 0.1) is 0 Å². The quantitative estimate of drug-likeness (QED) is 0.591. The summed E-state index contributed by atoms with van der Waals surface area (Å²) in [6, 6.07) is 9.79. The van der Waals surface area contributed by atoms with Gasteiger partial charge in [0.2, 0.25) is 0 Å². The van der Waals surface area contributed by atoms with Gasteiger partial charge >= 0.3 is 0 Å². The zero-order chi connectivity index (χ0) is 13.6. The monoisotopic (exact) mass is 268 g/mol. The molecule has 0 aliphatic heterocycles. The highest BCUT2D eigenvalue weighted by molar-refractivity contribution is 5.20. The first kappa shape index (κ1) is 16.0. The van der Waals surface area contributed by atoms with Crippen molar-refractivity contribution in [3.63, 3.8) is 0 Å². The first-order valence-electron chi connectivity index (χ1n) is 6.87. The lowest BCUT2D eigenvalue weighted by Crippen LogP contribution is -2.06. The molecule has 1 aromatic rings. The number of rotatable bonds is 12. The molecule has 0 unspecified atom stereocenters. The van der Waals surface area contributed by atoms with Crippen molar-refractivity contribution in [2.24, 2.45) is 0 Å². The Morgan fingerprint density at radius 2 is 1.32 bits per heavy atom. The van der Waals surface area contributed by atoms with Gasteiger partial charge in [0.1, 0.15) is 5.75 Å². The van der Waals surface area contributed by atoms with Crippen LogP contribution in [0.15, 0.2) is 30.3 Å². The summed E-state index contributed by atoms with van der Waals surface area (Å²) in [5.41, 5.74) is 0. The fourth-order valence-electron chi connectivity index (χ4n) is 1.50. The second kappa shape index (κ2) is 12.0. The topological polar surface area (TPSA) is 47.9 Å². The summed E-state index contributed by atoms with van der Waals surface area (Å²) in [5, 5.41) is 8.56. The van der Waals surface area contributed by atoms with E-state index in [1.807, 2.05) is 30.3 Å². The summed E-state index contributed by atoms with van der Waals surface area (Å²) in [7, 11) is 0. The van der Waals surface area contributed by atoms with Crippen LogP contribution in [0.3, 0.4) is 0 Å².